The minimum absolute atomic E-state index is 0.0252. The lowest BCUT2D eigenvalue weighted by atomic mass is 10.1. The number of halogens is 4. The number of aryl methyl sites for hydroxylation is 1. The Morgan fingerprint density at radius 1 is 1.47 bits per heavy atom. The lowest BCUT2D eigenvalue weighted by Crippen LogP contribution is -2.08. The molecule has 1 heterocycles. The molecule has 104 valence electrons. The second-order valence-electron chi connectivity index (χ2n) is 4.04. The molecule has 0 saturated heterocycles. The van der Waals surface area contributed by atoms with Crippen LogP contribution in [0.1, 0.15) is 11.4 Å². The Kier molecular flexibility index (Phi) is 3.48. The SMILES string of the molecule is COCc1nc2c(N)c(Br)c(C(F)(F)F)cc2n1C. The molecule has 19 heavy (non-hydrogen) atoms. The molecule has 0 spiro atoms. The van der Waals surface area contributed by atoms with Crippen molar-refractivity contribution in [3.05, 3.63) is 21.9 Å². The van der Waals surface area contributed by atoms with Crippen molar-refractivity contribution in [3.63, 3.8) is 0 Å². The molecule has 2 aromatic rings. The number of anilines is 1. The lowest BCUT2D eigenvalue weighted by Gasteiger charge is -2.11. The molecular formula is C11H11BrF3N3O. The Bertz CT molecular complexity index is 636. The summed E-state index contributed by atoms with van der Waals surface area (Å²) < 4.78 is 45.0. The maximum absolute atomic E-state index is 12.9. The Morgan fingerprint density at radius 3 is 2.63 bits per heavy atom. The van der Waals surface area contributed by atoms with E-state index < -0.39 is 11.7 Å². The van der Waals surface area contributed by atoms with Gasteiger partial charge >= 0.3 is 6.18 Å². The summed E-state index contributed by atoms with van der Waals surface area (Å²) in [6.45, 7) is 0.198. The van der Waals surface area contributed by atoms with E-state index in [1.54, 1.807) is 7.05 Å². The number of aromatic nitrogens is 2. The van der Waals surface area contributed by atoms with Gasteiger partial charge in [-0.15, -0.1) is 0 Å². The van der Waals surface area contributed by atoms with Gasteiger partial charge in [0.15, 0.2) is 0 Å². The maximum atomic E-state index is 12.9. The van der Waals surface area contributed by atoms with Gasteiger partial charge in [-0.25, -0.2) is 4.98 Å². The van der Waals surface area contributed by atoms with E-state index in [1.165, 1.54) is 11.7 Å². The van der Waals surface area contributed by atoms with E-state index in [0.717, 1.165) is 6.07 Å². The van der Waals surface area contributed by atoms with Crippen LogP contribution in [0, 0.1) is 0 Å². The molecule has 2 N–H and O–H groups in total. The van der Waals surface area contributed by atoms with Crippen molar-refractivity contribution < 1.29 is 17.9 Å². The molecule has 1 aromatic carbocycles. The first-order valence-electron chi connectivity index (χ1n) is 5.26. The summed E-state index contributed by atoms with van der Waals surface area (Å²) in [6, 6.07) is 1.03. The smallest absolute Gasteiger partial charge is 0.396 e. The number of imidazole rings is 1. The molecule has 2 rings (SSSR count). The number of nitrogens with zero attached hydrogens (tertiary/aromatic N) is 2. The third-order valence-corrected chi connectivity index (χ3v) is 3.67. The molecule has 0 radical (unpaired) electrons. The van der Waals surface area contributed by atoms with Gasteiger partial charge in [-0.2, -0.15) is 13.2 Å². The van der Waals surface area contributed by atoms with Crippen molar-refractivity contribution >= 4 is 32.7 Å². The monoisotopic (exact) mass is 337 g/mol. The number of hydrogen-bond donors (Lipinski definition) is 1. The third-order valence-electron chi connectivity index (χ3n) is 2.82. The summed E-state index contributed by atoms with van der Waals surface area (Å²) in [5.74, 6) is 0.510. The van der Waals surface area contributed by atoms with E-state index in [0.29, 0.717) is 16.9 Å². The standard InChI is InChI=1S/C11H11BrF3N3O/c1-18-6-3-5(11(13,14)15)8(12)9(16)10(6)17-7(18)4-19-2/h3H,4,16H2,1-2H3. The summed E-state index contributed by atoms with van der Waals surface area (Å²) in [6.07, 6.45) is -4.48. The van der Waals surface area contributed by atoms with Crippen LogP contribution < -0.4 is 5.73 Å². The first-order valence-corrected chi connectivity index (χ1v) is 6.06. The topological polar surface area (TPSA) is 53.1 Å². The molecule has 0 atom stereocenters. The van der Waals surface area contributed by atoms with Crippen LogP contribution in [0.3, 0.4) is 0 Å². The largest absolute Gasteiger partial charge is 0.417 e. The highest BCUT2D eigenvalue weighted by Gasteiger charge is 2.35. The van der Waals surface area contributed by atoms with Crippen LogP contribution in [0.25, 0.3) is 11.0 Å². The number of alkyl halides is 3. The molecule has 8 heteroatoms. The lowest BCUT2D eigenvalue weighted by molar-refractivity contribution is -0.138. The van der Waals surface area contributed by atoms with E-state index in [4.69, 9.17) is 10.5 Å². The average molecular weight is 338 g/mol. The second-order valence-corrected chi connectivity index (χ2v) is 4.83. The number of methoxy groups -OCH3 is 1. The molecule has 0 aliphatic carbocycles. The van der Waals surface area contributed by atoms with Gasteiger partial charge in [0, 0.05) is 14.2 Å². The molecular weight excluding hydrogens is 327 g/mol. The summed E-state index contributed by atoms with van der Waals surface area (Å²) in [5, 5.41) is 0. The van der Waals surface area contributed by atoms with Crippen LogP contribution >= 0.6 is 15.9 Å². The van der Waals surface area contributed by atoms with Crippen LogP contribution in [0.15, 0.2) is 10.5 Å². The average Bonchev–Trinajstić information content (AvgIpc) is 2.61. The summed E-state index contributed by atoms with van der Waals surface area (Å²) >= 11 is 2.88. The highest BCUT2D eigenvalue weighted by Crippen LogP contribution is 2.41. The fraction of sp³-hybridized carbons (Fsp3) is 0.364. The van der Waals surface area contributed by atoms with Crippen molar-refractivity contribution in [3.8, 4) is 0 Å². The normalized spacial score (nSPS) is 12.3. The number of hydrogen-bond acceptors (Lipinski definition) is 3. The Morgan fingerprint density at radius 2 is 2.11 bits per heavy atom. The zero-order valence-corrected chi connectivity index (χ0v) is 11.8. The zero-order chi connectivity index (χ0) is 14.4. The van der Waals surface area contributed by atoms with Crippen molar-refractivity contribution in [2.45, 2.75) is 12.8 Å². The van der Waals surface area contributed by atoms with Gasteiger partial charge in [0.25, 0.3) is 0 Å². The van der Waals surface area contributed by atoms with Gasteiger partial charge in [-0.05, 0) is 22.0 Å². The predicted octanol–water partition coefficient (Wildman–Crippen LogP) is 3.08. The molecule has 0 aliphatic heterocycles. The fourth-order valence-corrected chi connectivity index (χ4v) is 2.36. The van der Waals surface area contributed by atoms with E-state index in [1.807, 2.05) is 0 Å². The minimum atomic E-state index is -4.48. The van der Waals surface area contributed by atoms with E-state index in [2.05, 4.69) is 20.9 Å². The zero-order valence-electron chi connectivity index (χ0n) is 10.2. The molecule has 1 aromatic heterocycles. The first kappa shape index (κ1) is 14.1. The third kappa shape index (κ3) is 2.30. The van der Waals surface area contributed by atoms with Gasteiger partial charge in [0.2, 0.25) is 0 Å². The number of benzene rings is 1. The molecule has 4 nitrogen and oxygen atoms in total. The van der Waals surface area contributed by atoms with Gasteiger partial charge < -0.3 is 15.0 Å². The number of nitrogen functional groups attached to an aromatic ring is 1. The number of ether oxygens (including phenoxy) is 1. The van der Waals surface area contributed by atoms with Crippen molar-refractivity contribution in [2.75, 3.05) is 12.8 Å². The fourth-order valence-electron chi connectivity index (χ4n) is 1.84. The van der Waals surface area contributed by atoms with Gasteiger partial charge in [-0.3, -0.25) is 0 Å². The van der Waals surface area contributed by atoms with Crippen molar-refractivity contribution in [2.24, 2.45) is 7.05 Å². The molecule has 0 unspecified atom stereocenters. The Labute approximate surface area is 115 Å². The van der Waals surface area contributed by atoms with Crippen LogP contribution in [0.4, 0.5) is 18.9 Å². The molecule has 0 amide bonds. The second kappa shape index (κ2) is 4.68. The maximum Gasteiger partial charge on any atom is 0.417 e. The molecule has 0 fully saturated rings. The first-order chi connectivity index (χ1) is 8.77. The quantitative estimate of drug-likeness (QED) is 0.857. The summed E-state index contributed by atoms with van der Waals surface area (Å²) in [7, 11) is 3.11. The van der Waals surface area contributed by atoms with E-state index in [-0.39, 0.29) is 16.8 Å². The molecule has 0 aliphatic rings. The minimum Gasteiger partial charge on any atom is -0.396 e. The van der Waals surface area contributed by atoms with Crippen LogP contribution in [0.2, 0.25) is 0 Å². The summed E-state index contributed by atoms with van der Waals surface area (Å²) in [4.78, 5) is 4.20. The van der Waals surface area contributed by atoms with Gasteiger partial charge in [-0.1, -0.05) is 0 Å². The van der Waals surface area contributed by atoms with Crippen LogP contribution in [-0.2, 0) is 24.6 Å². The molecule has 0 saturated carbocycles. The highest BCUT2D eigenvalue weighted by molar-refractivity contribution is 9.10. The van der Waals surface area contributed by atoms with Gasteiger partial charge in [0.05, 0.1) is 21.2 Å². The Balaban J connectivity index is 2.78. The van der Waals surface area contributed by atoms with E-state index in [9.17, 15) is 13.2 Å². The number of fused-ring (bicyclic) bond motifs is 1. The highest BCUT2D eigenvalue weighted by atomic mass is 79.9. The Hall–Kier alpha value is -1.28. The summed E-state index contributed by atoms with van der Waals surface area (Å²) in [5.41, 5.74) is 5.54. The van der Waals surface area contributed by atoms with Crippen molar-refractivity contribution in [1.29, 1.82) is 0 Å². The van der Waals surface area contributed by atoms with Crippen LogP contribution in [-0.4, -0.2) is 16.7 Å². The number of rotatable bonds is 2. The van der Waals surface area contributed by atoms with Crippen LogP contribution in [0.5, 0.6) is 0 Å². The molecule has 0 bridgehead atoms. The van der Waals surface area contributed by atoms with Crippen molar-refractivity contribution in [1.82, 2.24) is 9.55 Å². The predicted molar refractivity (Wildman–Crippen MR) is 68.5 cm³/mol. The van der Waals surface area contributed by atoms with E-state index >= 15 is 0 Å². The number of nitrogens with two attached hydrogens (primary N) is 1. The van der Waals surface area contributed by atoms with Gasteiger partial charge in [0.1, 0.15) is 17.9 Å².